The summed E-state index contributed by atoms with van der Waals surface area (Å²) < 4.78 is 5.57. The van der Waals surface area contributed by atoms with Crippen molar-refractivity contribution in [2.24, 2.45) is 0 Å². The van der Waals surface area contributed by atoms with Crippen molar-refractivity contribution in [2.75, 3.05) is 6.61 Å². The van der Waals surface area contributed by atoms with Gasteiger partial charge in [0.25, 0.3) is 0 Å². The molecule has 1 amide bonds. The van der Waals surface area contributed by atoms with Gasteiger partial charge in [-0.25, -0.2) is 9.59 Å². The smallest absolute Gasteiger partial charge is 0.407 e. The Hall–Kier alpha value is -2.74. The second-order valence-corrected chi connectivity index (χ2v) is 9.14. The number of carbonyl (C=O) groups is 2. The van der Waals surface area contributed by atoms with E-state index in [1.54, 1.807) is 0 Å². The number of phenols is 1. The molecule has 0 saturated carbocycles. The first kappa shape index (κ1) is 23.4. The van der Waals surface area contributed by atoms with Crippen LogP contribution in [0.2, 0.25) is 10.0 Å². The van der Waals surface area contributed by atoms with Crippen LogP contribution in [-0.4, -0.2) is 34.9 Å². The van der Waals surface area contributed by atoms with Crippen LogP contribution < -0.4 is 5.32 Å². The zero-order valence-electron chi connectivity index (χ0n) is 17.0. The fourth-order valence-corrected chi connectivity index (χ4v) is 4.94. The lowest BCUT2D eigenvalue weighted by Crippen LogP contribution is -2.43. The van der Waals surface area contributed by atoms with Crippen molar-refractivity contribution in [3.05, 3.63) is 85.8 Å². The second kappa shape index (κ2) is 9.63. The summed E-state index contributed by atoms with van der Waals surface area (Å²) in [5.41, 5.74) is 4.48. The minimum atomic E-state index is -1.35. The van der Waals surface area contributed by atoms with Crippen LogP contribution >= 0.6 is 39.1 Å². The van der Waals surface area contributed by atoms with Crippen molar-refractivity contribution in [1.29, 1.82) is 0 Å². The Bertz CT molecular complexity index is 1200. The third kappa shape index (κ3) is 4.67. The molecule has 0 fully saturated rings. The summed E-state index contributed by atoms with van der Waals surface area (Å²) in [5.74, 6) is -1.68. The molecule has 6 nitrogen and oxygen atoms in total. The van der Waals surface area contributed by atoms with Crippen molar-refractivity contribution in [2.45, 2.75) is 18.4 Å². The highest BCUT2D eigenvalue weighted by atomic mass is 79.9. The van der Waals surface area contributed by atoms with Gasteiger partial charge in [-0.05, 0) is 49.8 Å². The summed E-state index contributed by atoms with van der Waals surface area (Å²) in [6.07, 6.45) is -1.09. The summed E-state index contributed by atoms with van der Waals surface area (Å²) in [6.45, 7) is 0.0514. The van der Waals surface area contributed by atoms with Crippen molar-refractivity contribution < 1.29 is 24.5 Å². The highest BCUT2D eigenvalue weighted by Gasteiger charge is 2.30. The van der Waals surface area contributed by atoms with Gasteiger partial charge in [0, 0.05) is 12.3 Å². The van der Waals surface area contributed by atoms with E-state index in [1.165, 1.54) is 6.07 Å². The predicted octanol–water partition coefficient (Wildman–Crippen LogP) is 6.00. The molecule has 1 aliphatic rings. The number of phenolic OH excluding ortho intramolecular Hbond substituents is 1. The summed E-state index contributed by atoms with van der Waals surface area (Å²) >= 11 is 15.1. The number of hydrogen-bond acceptors (Lipinski definition) is 4. The second-order valence-electron chi connectivity index (χ2n) is 7.56. The van der Waals surface area contributed by atoms with E-state index in [2.05, 4.69) is 21.2 Å². The number of ether oxygens (including phenoxy) is 1. The molecule has 0 spiro atoms. The molecular formula is C24H18BrCl2NO5. The predicted molar refractivity (Wildman–Crippen MR) is 129 cm³/mol. The molecule has 0 aromatic heterocycles. The molecule has 3 aromatic rings. The maximum Gasteiger partial charge on any atom is 0.407 e. The van der Waals surface area contributed by atoms with Crippen molar-refractivity contribution in [3.63, 3.8) is 0 Å². The Labute approximate surface area is 208 Å². The third-order valence-electron chi connectivity index (χ3n) is 5.57. The maximum absolute atomic E-state index is 12.5. The van der Waals surface area contributed by atoms with Crippen LogP contribution in [-0.2, 0) is 16.0 Å². The van der Waals surface area contributed by atoms with Crippen LogP contribution in [0, 0.1) is 0 Å². The summed E-state index contributed by atoms with van der Waals surface area (Å²) in [7, 11) is 0. The molecule has 9 heteroatoms. The number of benzene rings is 3. The first-order valence-corrected chi connectivity index (χ1v) is 11.5. The first-order valence-electron chi connectivity index (χ1n) is 9.97. The van der Waals surface area contributed by atoms with E-state index in [4.69, 9.17) is 27.9 Å². The van der Waals surface area contributed by atoms with Crippen LogP contribution in [0.25, 0.3) is 11.1 Å². The van der Waals surface area contributed by atoms with Gasteiger partial charge in [0.2, 0.25) is 0 Å². The quantitative estimate of drug-likeness (QED) is 0.327. The lowest BCUT2D eigenvalue weighted by atomic mass is 9.98. The average Bonchev–Trinajstić information content (AvgIpc) is 3.13. The fourth-order valence-electron chi connectivity index (χ4n) is 3.99. The lowest BCUT2D eigenvalue weighted by molar-refractivity contribution is -0.139. The molecule has 4 rings (SSSR count). The molecule has 0 heterocycles. The van der Waals surface area contributed by atoms with Crippen LogP contribution in [0.15, 0.2) is 59.1 Å². The average molecular weight is 551 g/mol. The number of aromatic hydroxyl groups is 1. The Morgan fingerprint density at radius 3 is 2.21 bits per heavy atom. The Balaban J connectivity index is 1.46. The highest BCUT2D eigenvalue weighted by Crippen LogP contribution is 2.44. The van der Waals surface area contributed by atoms with Crippen LogP contribution in [0.4, 0.5) is 4.79 Å². The number of fused-ring (bicyclic) bond motifs is 3. The number of halogens is 3. The number of rotatable bonds is 6. The van der Waals surface area contributed by atoms with Gasteiger partial charge in [-0.1, -0.05) is 71.7 Å². The SMILES string of the molecule is O=C(NC(Cc1cc(Cl)c(Cl)c(Br)c1O)C(=O)O)OCC1c2ccccc2-c2ccccc21. The number of carboxylic acids is 1. The molecule has 0 bridgehead atoms. The van der Waals surface area contributed by atoms with E-state index in [0.29, 0.717) is 0 Å². The van der Waals surface area contributed by atoms with E-state index in [1.807, 2.05) is 48.5 Å². The topological polar surface area (TPSA) is 95.9 Å². The number of hydrogen-bond donors (Lipinski definition) is 3. The van der Waals surface area contributed by atoms with Crippen LogP contribution in [0.5, 0.6) is 5.75 Å². The monoisotopic (exact) mass is 549 g/mol. The van der Waals surface area contributed by atoms with Gasteiger partial charge < -0.3 is 20.3 Å². The van der Waals surface area contributed by atoms with Crippen LogP contribution in [0.3, 0.4) is 0 Å². The van der Waals surface area contributed by atoms with Gasteiger partial charge >= 0.3 is 12.1 Å². The molecule has 1 atom stereocenters. The number of carboxylic acid groups (broad SMARTS) is 1. The highest BCUT2D eigenvalue weighted by molar-refractivity contribution is 9.10. The van der Waals surface area contributed by atoms with Crippen LogP contribution in [0.1, 0.15) is 22.6 Å². The Kier molecular flexibility index (Phi) is 6.83. The third-order valence-corrected chi connectivity index (χ3v) is 7.36. The Morgan fingerprint density at radius 2 is 1.64 bits per heavy atom. The van der Waals surface area contributed by atoms with Gasteiger partial charge in [0.1, 0.15) is 18.4 Å². The first-order chi connectivity index (χ1) is 15.8. The molecule has 170 valence electrons. The van der Waals surface area contributed by atoms with E-state index in [9.17, 15) is 19.8 Å². The number of nitrogens with one attached hydrogen (secondary N) is 1. The zero-order valence-corrected chi connectivity index (χ0v) is 20.1. The summed E-state index contributed by atoms with van der Waals surface area (Å²) in [4.78, 5) is 24.2. The summed E-state index contributed by atoms with van der Waals surface area (Å²) in [5, 5.41) is 22.5. The zero-order chi connectivity index (χ0) is 23.7. The number of carbonyl (C=O) groups excluding carboxylic acids is 1. The maximum atomic E-state index is 12.5. The molecule has 3 N–H and O–H groups in total. The molecule has 3 aromatic carbocycles. The van der Waals surface area contributed by atoms with E-state index >= 15 is 0 Å². The molecular weight excluding hydrogens is 533 g/mol. The summed E-state index contributed by atoms with van der Waals surface area (Å²) in [6, 6.07) is 15.8. The minimum absolute atomic E-state index is 0.0514. The van der Waals surface area contributed by atoms with Gasteiger partial charge in [0.15, 0.2) is 0 Å². The normalized spacial score (nSPS) is 13.2. The molecule has 33 heavy (non-hydrogen) atoms. The Morgan fingerprint density at radius 1 is 1.06 bits per heavy atom. The molecule has 0 radical (unpaired) electrons. The van der Waals surface area contributed by atoms with E-state index in [-0.39, 0.29) is 44.8 Å². The number of aliphatic carboxylic acids is 1. The van der Waals surface area contributed by atoms with Crippen molar-refractivity contribution in [1.82, 2.24) is 5.32 Å². The van der Waals surface area contributed by atoms with Gasteiger partial charge in [-0.2, -0.15) is 0 Å². The molecule has 1 aliphatic carbocycles. The number of amides is 1. The van der Waals surface area contributed by atoms with E-state index in [0.717, 1.165) is 22.3 Å². The standard InChI is InChI=1S/C24H18BrCl2NO5/c25-20-21(27)18(26)9-12(22(20)29)10-19(23(30)31)28-24(32)33-11-17-15-7-3-1-5-13(15)14-6-2-4-8-16(14)17/h1-9,17,19,29H,10-11H2,(H,28,32)(H,30,31). The van der Waals surface area contributed by atoms with E-state index < -0.39 is 18.1 Å². The number of alkyl carbamates (subject to hydrolysis) is 1. The fraction of sp³-hybridized carbons (Fsp3) is 0.167. The molecule has 1 unspecified atom stereocenters. The van der Waals surface area contributed by atoms with Gasteiger partial charge in [-0.3, -0.25) is 0 Å². The van der Waals surface area contributed by atoms with Crippen molar-refractivity contribution in [3.8, 4) is 16.9 Å². The molecule has 0 aliphatic heterocycles. The van der Waals surface area contributed by atoms with Gasteiger partial charge in [-0.15, -0.1) is 0 Å². The largest absolute Gasteiger partial charge is 0.506 e. The lowest BCUT2D eigenvalue weighted by Gasteiger charge is -2.18. The van der Waals surface area contributed by atoms with Gasteiger partial charge in [0.05, 0.1) is 14.5 Å². The van der Waals surface area contributed by atoms with Crippen molar-refractivity contribution >= 4 is 51.2 Å². The molecule has 0 saturated heterocycles. The minimum Gasteiger partial charge on any atom is -0.506 e.